The average molecular weight is 301 g/mol. The first kappa shape index (κ1) is 13.9. The van der Waals surface area contributed by atoms with E-state index in [1.54, 1.807) is 18.2 Å². The van der Waals surface area contributed by atoms with Crippen molar-refractivity contribution < 1.29 is 18.3 Å². The Balaban J connectivity index is 2.19. The van der Waals surface area contributed by atoms with Gasteiger partial charge in [0, 0.05) is 11.6 Å². The summed E-state index contributed by atoms with van der Waals surface area (Å²) in [6.45, 7) is 0. The standard InChI is InChI=1S/C16H9F2NO3/c17-12-6-3-7-13(18)14(12)19-8-11-9-4-1-2-5-10(9)15(20)22-16(11)21/h1-8,21H. The Morgan fingerprint density at radius 2 is 1.64 bits per heavy atom. The summed E-state index contributed by atoms with van der Waals surface area (Å²) in [7, 11) is 0. The summed E-state index contributed by atoms with van der Waals surface area (Å²) < 4.78 is 31.8. The number of hydrogen-bond donors (Lipinski definition) is 1. The molecule has 4 nitrogen and oxygen atoms in total. The molecular formula is C16H9F2NO3. The van der Waals surface area contributed by atoms with Gasteiger partial charge in [0.2, 0.25) is 0 Å². The van der Waals surface area contributed by atoms with Crippen LogP contribution in [0.2, 0.25) is 0 Å². The van der Waals surface area contributed by atoms with Crippen LogP contribution in [0, 0.1) is 11.6 Å². The topological polar surface area (TPSA) is 62.8 Å². The third-order valence-electron chi connectivity index (χ3n) is 3.12. The Kier molecular flexibility index (Phi) is 3.42. The fourth-order valence-electron chi connectivity index (χ4n) is 2.08. The second kappa shape index (κ2) is 5.40. The minimum Gasteiger partial charge on any atom is -0.480 e. The summed E-state index contributed by atoms with van der Waals surface area (Å²) in [5, 5.41) is 10.4. The van der Waals surface area contributed by atoms with Gasteiger partial charge in [-0.25, -0.2) is 18.6 Å². The van der Waals surface area contributed by atoms with E-state index in [0.717, 1.165) is 18.3 Å². The lowest BCUT2D eigenvalue weighted by Gasteiger charge is -2.03. The quantitative estimate of drug-likeness (QED) is 0.736. The number of hydrogen-bond acceptors (Lipinski definition) is 4. The van der Waals surface area contributed by atoms with Crippen molar-refractivity contribution in [3.05, 3.63) is 70.1 Å². The van der Waals surface area contributed by atoms with Crippen LogP contribution >= 0.6 is 0 Å². The largest absolute Gasteiger partial charge is 0.480 e. The average Bonchev–Trinajstić information content (AvgIpc) is 2.49. The van der Waals surface area contributed by atoms with Crippen molar-refractivity contribution in [3.8, 4) is 5.95 Å². The lowest BCUT2D eigenvalue weighted by atomic mass is 10.1. The SMILES string of the molecule is O=c1oc(O)c(C=Nc2c(F)cccc2F)c2ccccc12. The number of nitrogens with zero attached hydrogens (tertiary/aromatic N) is 1. The molecule has 6 heteroatoms. The van der Waals surface area contributed by atoms with Crippen LogP contribution in [0.25, 0.3) is 10.8 Å². The Hall–Kier alpha value is -3.02. The van der Waals surface area contributed by atoms with E-state index in [0.29, 0.717) is 5.39 Å². The van der Waals surface area contributed by atoms with E-state index < -0.39 is 28.9 Å². The third-order valence-corrected chi connectivity index (χ3v) is 3.12. The second-order valence-corrected chi connectivity index (χ2v) is 4.48. The van der Waals surface area contributed by atoms with Gasteiger partial charge in [-0.3, -0.25) is 0 Å². The van der Waals surface area contributed by atoms with Gasteiger partial charge in [0.25, 0.3) is 5.95 Å². The number of aliphatic imine (C=N–C) groups is 1. The molecule has 1 N–H and O–H groups in total. The molecule has 0 radical (unpaired) electrons. The normalized spacial score (nSPS) is 11.4. The molecule has 2 aromatic carbocycles. The van der Waals surface area contributed by atoms with E-state index >= 15 is 0 Å². The van der Waals surface area contributed by atoms with E-state index in [-0.39, 0.29) is 10.9 Å². The summed E-state index contributed by atoms with van der Waals surface area (Å²) in [6, 6.07) is 9.73. The van der Waals surface area contributed by atoms with Crippen LogP contribution in [0.4, 0.5) is 14.5 Å². The summed E-state index contributed by atoms with van der Waals surface area (Å²) in [4.78, 5) is 15.4. The number of benzene rings is 2. The molecule has 0 fully saturated rings. The number of aromatic hydroxyl groups is 1. The van der Waals surface area contributed by atoms with Crippen molar-refractivity contribution in [2.45, 2.75) is 0 Å². The Morgan fingerprint density at radius 1 is 1.00 bits per heavy atom. The van der Waals surface area contributed by atoms with Gasteiger partial charge < -0.3 is 9.52 Å². The minimum absolute atomic E-state index is 0.0675. The molecule has 0 aliphatic carbocycles. The van der Waals surface area contributed by atoms with Crippen LogP contribution in [-0.4, -0.2) is 11.3 Å². The van der Waals surface area contributed by atoms with Gasteiger partial charge in [0.05, 0.1) is 10.9 Å². The number of para-hydroxylation sites is 1. The molecule has 0 aliphatic heterocycles. The number of fused-ring (bicyclic) bond motifs is 1. The van der Waals surface area contributed by atoms with Crippen molar-refractivity contribution >= 4 is 22.7 Å². The van der Waals surface area contributed by atoms with Gasteiger partial charge in [0.15, 0.2) is 11.6 Å². The van der Waals surface area contributed by atoms with Crippen molar-refractivity contribution in [1.82, 2.24) is 0 Å². The summed E-state index contributed by atoms with van der Waals surface area (Å²) in [5.41, 5.74) is -1.13. The van der Waals surface area contributed by atoms with E-state index in [1.807, 2.05) is 0 Å². The molecule has 22 heavy (non-hydrogen) atoms. The van der Waals surface area contributed by atoms with Gasteiger partial charge in [-0.15, -0.1) is 0 Å². The zero-order chi connectivity index (χ0) is 15.7. The summed E-state index contributed by atoms with van der Waals surface area (Å²) in [6.07, 6.45) is 1.06. The highest BCUT2D eigenvalue weighted by Crippen LogP contribution is 2.25. The zero-order valence-electron chi connectivity index (χ0n) is 11.1. The molecular weight excluding hydrogens is 292 g/mol. The van der Waals surface area contributed by atoms with E-state index in [2.05, 4.69) is 4.99 Å². The van der Waals surface area contributed by atoms with E-state index in [9.17, 15) is 18.7 Å². The molecule has 0 saturated heterocycles. The van der Waals surface area contributed by atoms with Crippen LogP contribution < -0.4 is 5.63 Å². The summed E-state index contributed by atoms with van der Waals surface area (Å²) >= 11 is 0. The van der Waals surface area contributed by atoms with Crippen LogP contribution in [-0.2, 0) is 0 Å². The van der Waals surface area contributed by atoms with Gasteiger partial charge in [-0.05, 0) is 18.2 Å². The van der Waals surface area contributed by atoms with Crippen LogP contribution in [0.3, 0.4) is 0 Å². The first-order chi connectivity index (χ1) is 10.6. The molecule has 0 saturated carbocycles. The molecule has 0 unspecified atom stereocenters. The number of rotatable bonds is 2. The Morgan fingerprint density at radius 3 is 2.32 bits per heavy atom. The van der Waals surface area contributed by atoms with E-state index in [1.165, 1.54) is 12.1 Å². The Labute approximate surface area is 123 Å². The molecule has 1 heterocycles. The minimum atomic E-state index is -0.836. The highest BCUT2D eigenvalue weighted by atomic mass is 19.1. The second-order valence-electron chi connectivity index (χ2n) is 4.48. The molecule has 0 amide bonds. The van der Waals surface area contributed by atoms with Crippen molar-refractivity contribution in [2.24, 2.45) is 4.99 Å². The van der Waals surface area contributed by atoms with Crippen molar-refractivity contribution in [3.63, 3.8) is 0 Å². The van der Waals surface area contributed by atoms with Gasteiger partial charge in [-0.2, -0.15) is 0 Å². The first-order valence-corrected chi connectivity index (χ1v) is 6.31. The fraction of sp³-hybridized carbons (Fsp3) is 0. The molecule has 1 aromatic heterocycles. The molecule has 3 rings (SSSR count). The summed E-state index contributed by atoms with van der Waals surface area (Å²) in [5.74, 6) is -2.33. The van der Waals surface area contributed by atoms with Crippen LogP contribution in [0.15, 0.2) is 56.7 Å². The first-order valence-electron chi connectivity index (χ1n) is 6.31. The zero-order valence-corrected chi connectivity index (χ0v) is 11.1. The van der Waals surface area contributed by atoms with Crippen LogP contribution in [0.5, 0.6) is 5.95 Å². The van der Waals surface area contributed by atoms with Gasteiger partial charge in [0.1, 0.15) is 5.69 Å². The highest BCUT2D eigenvalue weighted by molar-refractivity contribution is 6.01. The molecule has 0 aliphatic rings. The Bertz CT molecular complexity index is 928. The van der Waals surface area contributed by atoms with Crippen molar-refractivity contribution in [2.75, 3.05) is 0 Å². The maximum Gasteiger partial charge on any atom is 0.346 e. The molecule has 0 bridgehead atoms. The van der Waals surface area contributed by atoms with Crippen LogP contribution in [0.1, 0.15) is 5.56 Å². The van der Waals surface area contributed by atoms with Crippen molar-refractivity contribution in [1.29, 1.82) is 0 Å². The highest BCUT2D eigenvalue weighted by Gasteiger charge is 2.12. The molecule has 0 atom stereocenters. The molecule has 110 valence electrons. The lowest BCUT2D eigenvalue weighted by molar-refractivity contribution is 0.312. The van der Waals surface area contributed by atoms with Gasteiger partial charge >= 0.3 is 5.63 Å². The lowest BCUT2D eigenvalue weighted by Crippen LogP contribution is -2.01. The monoisotopic (exact) mass is 301 g/mol. The van der Waals surface area contributed by atoms with Gasteiger partial charge in [-0.1, -0.05) is 24.3 Å². The third kappa shape index (κ3) is 2.35. The predicted molar refractivity (Wildman–Crippen MR) is 77.8 cm³/mol. The molecule has 0 spiro atoms. The fourth-order valence-corrected chi connectivity index (χ4v) is 2.08. The smallest absolute Gasteiger partial charge is 0.346 e. The number of halogens is 2. The maximum atomic E-state index is 13.5. The maximum absolute atomic E-state index is 13.5. The predicted octanol–water partition coefficient (Wildman–Crippen LogP) is 3.53. The molecule has 3 aromatic rings. The van der Waals surface area contributed by atoms with E-state index in [4.69, 9.17) is 4.42 Å².